The first-order valence-electron chi connectivity index (χ1n) is 8.22. The minimum atomic E-state index is -0.331. The van der Waals surface area contributed by atoms with Gasteiger partial charge in [0.15, 0.2) is 5.82 Å². The Balaban J connectivity index is 0.00000156. The number of morpholine rings is 2. The zero-order valence-corrected chi connectivity index (χ0v) is 16.0. The predicted molar refractivity (Wildman–Crippen MR) is 99.8 cm³/mol. The van der Waals surface area contributed by atoms with Crippen LogP contribution in [0.4, 0.5) is 5.82 Å². The molecule has 0 unspecified atom stereocenters. The number of halogens is 2. The van der Waals surface area contributed by atoms with Crippen LogP contribution in [0, 0.1) is 0 Å². The summed E-state index contributed by atoms with van der Waals surface area (Å²) in [5.74, 6) is 0.479. The molecule has 2 atom stereocenters. The SMILES string of the molecule is C[C@H]1OCCN[C@@H]1C(=O)Nc1ccn(CCN2CCOCC2)n1.Cl.Cl. The second-order valence-corrected chi connectivity index (χ2v) is 5.92. The summed E-state index contributed by atoms with van der Waals surface area (Å²) < 4.78 is 12.7. The first-order chi connectivity index (χ1) is 11.2. The van der Waals surface area contributed by atoms with Gasteiger partial charge in [-0.1, -0.05) is 0 Å². The lowest BCUT2D eigenvalue weighted by Crippen LogP contribution is -2.53. The predicted octanol–water partition coefficient (Wildman–Crippen LogP) is 0.374. The van der Waals surface area contributed by atoms with Gasteiger partial charge < -0.3 is 20.1 Å². The average Bonchev–Trinajstić information content (AvgIpc) is 3.02. The molecule has 25 heavy (non-hydrogen) atoms. The number of anilines is 1. The van der Waals surface area contributed by atoms with Crippen molar-refractivity contribution < 1.29 is 14.3 Å². The fourth-order valence-corrected chi connectivity index (χ4v) is 2.85. The number of amides is 1. The monoisotopic (exact) mass is 395 g/mol. The normalized spacial score (nSPS) is 24.0. The van der Waals surface area contributed by atoms with Gasteiger partial charge in [-0.15, -0.1) is 24.8 Å². The molecule has 2 fully saturated rings. The largest absolute Gasteiger partial charge is 0.379 e. The van der Waals surface area contributed by atoms with E-state index in [1.807, 2.05) is 23.9 Å². The van der Waals surface area contributed by atoms with Gasteiger partial charge in [-0.25, -0.2) is 0 Å². The maximum Gasteiger partial charge on any atom is 0.245 e. The van der Waals surface area contributed by atoms with Crippen LogP contribution in [0.2, 0.25) is 0 Å². The topological polar surface area (TPSA) is 80.7 Å². The van der Waals surface area contributed by atoms with Crippen molar-refractivity contribution in [3.63, 3.8) is 0 Å². The molecule has 3 rings (SSSR count). The molecule has 1 aromatic heterocycles. The molecule has 0 aromatic carbocycles. The third kappa shape index (κ3) is 6.40. The molecule has 1 amide bonds. The Morgan fingerprint density at radius 1 is 1.32 bits per heavy atom. The van der Waals surface area contributed by atoms with E-state index in [0.29, 0.717) is 19.0 Å². The summed E-state index contributed by atoms with van der Waals surface area (Å²) in [4.78, 5) is 14.6. The molecule has 0 saturated carbocycles. The maximum absolute atomic E-state index is 12.3. The second-order valence-electron chi connectivity index (χ2n) is 5.92. The van der Waals surface area contributed by atoms with Crippen molar-refractivity contribution in [1.29, 1.82) is 0 Å². The van der Waals surface area contributed by atoms with E-state index in [0.717, 1.165) is 39.4 Å². The van der Waals surface area contributed by atoms with Crippen molar-refractivity contribution in [1.82, 2.24) is 20.0 Å². The second kappa shape index (κ2) is 10.9. The number of carbonyl (C=O) groups excluding carboxylic acids is 1. The summed E-state index contributed by atoms with van der Waals surface area (Å²) in [7, 11) is 0. The zero-order valence-electron chi connectivity index (χ0n) is 14.3. The standard InChI is InChI=1S/C15H25N5O3.2ClH/c1-12-14(16-3-9-23-12)15(21)17-13-2-4-20(18-13)6-5-19-7-10-22-11-8-19;;/h2,4,12,14,16H,3,5-11H2,1H3,(H,17,18,21);2*1H/t12-,14+;;/m1../s1. The van der Waals surface area contributed by atoms with E-state index in [1.165, 1.54) is 0 Å². The summed E-state index contributed by atoms with van der Waals surface area (Å²) in [6.07, 6.45) is 1.76. The fraction of sp³-hybridized carbons (Fsp3) is 0.733. The number of aromatic nitrogens is 2. The Bertz CT molecular complexity index is 525. The molecular weight excluding hydrogens is 369 g/mol. The van der Waals surface area contributed by atoms with Crippen LogP contribution in [0.5, 0.6) is 0 Å². The van der Waals surface area contributed by atoms with E-state index in [2.05, 4.69) is 20.6 Å². The maximum atomic E-state index is 12.3. The summed E-state index contributed by atoms with van der Waals surface area (Å²) >= 11 is 0. The number of nitrogens with zero attached hydrogens (tertiary/aromatic N) is 3. The third-order valence-electron chi connectivity index (χ3n) is 4.24. The summed E-state index contributed by atoms with van der Waals surface area (Å²) in [5, 5.41) is 10.4. The number of rotatable bonds is 5. The van der Waals surface area contributed by atoms with Gasteiger partial charge >= 0.3 is 0 Å². The van der Waals surface area contributed by atoms with Crippen molar-refractivity contribution in [2.45, 2.75) is 25.6 Å². The number of ether oxygens (including phenoxy) is 2. The van der Waals surface area contributed by atoms with Crippen LogP contribution >= 0.6 is 24.8 Å². The van der Waals surface area contributed by atoms with Crippen LogP contribution in [0.15, 0.2) is 12.3 Å². The number of nitrogens with one attached hydrogen (secondary N) is 2. The first kappa shape index (κ1) is 22.1. The molecule has 1 aromatic rings. The van der Waals surface area contributed by atoms with Gasteiger partial charge in [0.1, 0.15) is 6.04 Å². The summed E-state index contributed by atoms with van der Waals surface area (Å²) in [6, 6.07) is 1.49. The molecule has 0 aliphatic carbocycles. The van der Waals surface area contributed by atoms with E-state index in [1.54, 1.807) is 0 Å². The van der Waals surface area contributed by atoms with Crippen LogP contribution in [0.1, 0.15) is 6.92 Å². The molecule has 3 heterocycles. The molecule has 2 N–H and O–H groups in total. The quantitative estimate of drug-likeness (QED) is 0.749. The van der Waals surface area contributed by atoms with Crippen molar-refractivity contribution in [2.75, 3.05) is 51.3 Å². The van der Waals surface area contributed by atoms with Crippen LogP contribution in [-0.4, -0.2) is 78.7 Å². The van der Waals surface area contributed by atoms with Crippen molar-refractivity contribution in [3.05, 3.63) is 12.3 Å². The number of hydrogen-bond acceptors (Lipinski definition) is 6. The lowest BCUT2D eigenvalue weighted by molar-refractivity contribution is -0.123. The summed E-state index contributed by atoms with van der Waals surface area (Å²) in [5.41, 5.74) is 0. The molecule has 10 heteroatoms. The van der Waals surface area contributed by atoms with Gasteiger partial charge in [0.2, 0.25) is 5.91 Å². The van der Waals surface area contributed by atoms with Crippen LogP contribution in [0.3, 0.4) is 0 Å². The fourth-order valence-electron chi connectivity index (χ4n) is 2.85. The average molecular weight is 396 g/mol. The van der Waals surface area contributed by atoms with Gasteiger partial charge in [-0.05, 0) is 6.92 Å². The smallest absolute Gasteiger partial charge is 0.245 e. The highest BCUT2D eigenvalue weighted by Gasteiger charge is 2.28. The molecule has 8 nitrogen and oxygen atoms in total. The van der Waals surface area contributed by atoms with Gasteiger partial charge in [0, 0.05) is 38.4 Å². The van der Waals surface area contributed by atoms with Crippen molar-refractivity contribution in [2.24, 2.45) is 0 Å². The molecule has 0 bridgehead atoms. The van der Waals surface area contributed by atoms with Gasteiger partial charge in [0.05, 0.1) is 32.5 Å². The van der Waals surface area contributed by atoms with Crippen LogP contribution < -0.4 is 10.6 Å². The number of hydrogen-bond donors (Lipinski definition) is 2. The molecule has 2 aliphatic rings. The molecule has 2 saturated heterocycles. The van der Waals surface area contributed by atoms with Gasteiger partial charge in [0.25, 0.3) is 0 Å². The lowest BCUT2D eigenvalue weighted by Gasteiger charge is -2.28. The Morgan fingerprint density at radius 3 is 2.80 bits per heavy atom. The van der Waals surface area contributed by atoms with E-state index < -0.39 is 0 Å². The molecule has 0 radical (unpaired) electrons. The van der Waals surface area contributed by atoms with Crippen LogP contribution in [0.25, 0.3) is 0 Å². The highest BCUT2D eigenvalue weighted by Crippen LogP contribution is 2.09. The number of carbonyl (C=O) groups is 1. The summed E-state index contributed by atoms with van der Waals surface area (Å²) in [6.45, 7) is 8.51. The molecule has 144 valence electrons. The van der Waals surface area contributed by atoms with Gasteiger partial charge in [-0.2, -0.15) is 5.10 Å². The third-order valence-corrected chi connectivity index (χ3v) is 4.24. The molecule has 2 aliphatic heterocycles. The Morgan fingerprint density at radius 2 is 2.08 bits per heavy atom. The zero-order chi connectivity index (χ0) is 16.1. The Labute approximate surface area is 160 Å². The Hall–Kier alpha value is -0.900. The minimum Gasteiger partial charge on any atom is -0.379 e. The minimum absolute atomic E-state index is 0. The van der Waals surface area contributed by atoms with E-state index in [-0.39, 0.29) is 42.9 Å². The highest BCUT2D eigenvalue weighted by molar-refractivity contribution is 5.94. The molecular formula is C15H27Cl2N5O3. The van der Waals surface area contributed by atoms with Crippen molar-refractivity contribution >= 4 is 36.5 Å². The van der Waals surface area contributed by atoms with E-state index >= 15 is 0 Å². The van der Waals surface area contributed by atoms with E-state index in [4.69, 9.17) is 9.47 Å². The highest BCUT2D eigenvalue weighted by atomic mass is 35.5. The van der Waals surface area contributed by atoms with E-state index in [9.17, 15) is 4.79 Å². The van der Waals surface area contributed by atoms with Gasteiger partial charge in [-0.3, -0.25) is 14.4 Å². The molecule has 0 spiro atoms. The first-order valence-corrected chi connectivity index (χ1v) is 8.22. The Kier molecular flexibility index (Phi) is 9.70. The lowest BCUT2D eigenvalue weighted by atomic mass is 10.1. The van der Waals surface area contributed by atoms with Crippen LogP contribution in [-0.2, 0) is 20.8 Å². The van der Waals surface area contributed by atoms with Crippen molar-refractivity contribution in [3.8, 4) is 0 Å².